The monoisotopic (exact) mass is 423 g/mol. The van der Waals surface area contributed by atoms with E-state index in [1.165, 1.54) is 23.1 Å². The highest BCUT2D eigenvalue weighted by molar-refractivity contribution is 6.30. The van der Waals surface area contributed by atoms with Gasteiger partial charge < -0.3 is 9.80 Å². The molecule has 0 N–H and O–H groups in total. The topological polar surface area (TPSA) is 63.0 Å². The molecule has 11 heteroatoms. The van der Waals surface area contributed by atoms with Crippen molar-refractivity contribution in [2.45, 2.75) is 19.4 Å². The Kier molecular flexibility index (Phi) is 4.27. The molecule has 3 aromatic rings. The van der Waals surface area contributed by atoms with E-state index in [0.29, 0.717) is 35.9 Å². The van der Waals surface area contributed by atoms with Crippen molar-refractivity contribution >= 4 is 34.4 Å². The predicted octanol–water partition coefficient (Wildman–Crippen LogP) is 3.00. The lowest BCUT2D eigenvalue weighted by Gasteiger charge is -2.48. The van der Waals surface area contributed by atoms with Crippen molar-refractivity contribution in [3.8, 4) is 0 Å². The van der Waals surface area contributed by atoms with E-state index in [1.54, 1.807) is 6.20 Å². The number of aromatic nitrogens is 5. The molecule has 0 saturated carbocycles. The molecular formula is C18H17ClF3N7. The van der Waals surface area contributed by atoms with Crippen molar-refractivity contribution in [3.63, 3.8) is 0 Å². The van der Waals surface area contributed by atoms with Gasteiger partial charge in [-0.15, -0.1) is 0 Å². The average Bonchev–Trinajstić information content (AvgIpc) is 3.25. The first-order chi connectivity index (χ1) is 13.9. The zero-order valence-electron chi connectivity index (χ0n) is 15.3. The molecule has 3 aromatic heterocycles. The second kappa shape index (κ2) is 6.72. The number of pyridine rings is 1. The van der Waals surface area contributed by atoms with Gasteiger partial charge in [0.25, 0.3) is 6.43 Å². The van der Waals surface area contributed by atoms with Gasteiger partial charge in [0.2, 0.25) is 0 Å². The van der Waals surface area contributed by atoms with Gasteiger partial charge in [-0.2, -0.15) is 5.10 Å². The lowest BCUT2D eigenvalue weighted by molar-refractivity contribution is 0.123. The first-order valence-corrected chi connectivity index (χ1v) is 9.58. The molecule has 0 bridgehead atoms. The number of fused-ring (bicyclic) bond motifs is 1. The van der Waals surface area contributed by atoms with Crippen molar-refractivity contribution in [2.24, 2.45) is 5.41 Å². The van der Waals surface area contributed by atoms with E-state index in [2.05, 4.69) is 25.0 Å². The summed E-state index contributed by atoms with van der Waals surface area (Å²) in [6.45, 7) is 2.37. The normalized spacial score (nSPS) is 18.2. The largest absolute Gasteiger partial charge is 0.355 e. The number of alkyl halides is 2. The summed E-state index contributed by atoms with van der Waals surface area (Å²) < 4.78 is 40.8. The van der Waals surface area contributed by atoms with E-state index in [1.807, 2.05) is 4.90 Å². The molecule has 2 saturated heterocycles. The van der Waals surface area contributed by atoms with Crippen LogP contribution in [0.15, 0.2) is 24.7 Å². The quantitative estimate of drug-likeness (QED) is 0.643. The minimum atomic E-state index is -2.51. The molecule has 0 atom stereocenters. The van der Waals surface area contributed by atoms with E-state index in [9.17, 15) is 13.2 Å². The second-order valence-electron chi connectivity index (χ2n) is 7.64. The van der Waals surface area contributed by atoms with E-state index in [4.69, 9.17) is 11.6 Å². The Labute approximate surface area is 169 Å². The Morgan fingerprint density at radius 3 is 2.66 bits per heavy atom. The van der Waals surface area contributed by atoms with Crippen LogP contribution in [0.4, 0.5) is 24.8 Å². The summed E-state index contributed by atoms with van der Waals surface area (Å²) in [5.74, 6) is 0.529. The Morgan fingerprint density at radius 1 is 1.10 bits per heavy atom. The maximum atomic E-state index is 14.1. The van der Waals surface area contributed by atoms with Gasteiger partial charge in [0.1, 0.15) is 17.9 Å². The van der Waals surface area contributed by atoms with Crippen molar-refractivity contribution in [2.75, 3.05) is 36.0 Å². The van der Waals surface area contributed by atoms with Crippen LogP contribution in [0.1, 0.15) is 6.42 Å². The van der Waals surface area contributed by atoms with Crippen LogP contribution >= 0.6 is 11.6 Å². The molecule has 0 unspecified atom stereocenters. The summed E-state index contributed by atoms with van der Waals surface area (Å²) in [5.41, 5.74) is 0.863. The standard InChI is InChI=1S/C18H17ClF3N7/c19-11-3-12(20)16(24-4-11)28-9-18(10-28)1-2-27(8-18)15-6-23-13-5-25-29(7-14(21)22)17(13)26-15/h3-6,14H,1-2,7-10H2. The Bertz CT molecular complexity index is 1070. The van der Waals surface area contributed by atoms with Gasteiger partial charge in [-0.25, -0.2) is 32.8 Å². The average molecular weight is 424 g/mol. The minimum absolute atomic E-state index is 0.0214. The molecule has 152 valence electrons. The maximum Gasteiger partial charge on any atom is 0.258 e. The van der Waals surface area contributed by atoms with Gasteiger partial charge in [0.05, 0.1) is 17.4 Å². The fraction of sp³-hybridized carbons (Fsp3) is 0.444. The molecule has 0 radical (unpaired) electrons. The maximum absolute atomic E-state index is 14.1. The van der Waals surface area contributed by atoms with Crippen LogP contribution in [0.3, 0.4) is 0 Å². The van der Waals surface area contributed by atoms with E-state index in [0.717, 1.165) is 19.5 Å². The number of halogens is 4. The van der Waals surface area contributed by atoms with Crippen LogP contribution in [0.5, 0.6) is 0 Å². The molecule has 2 fully saturated rings. The van der Waals surface area contributed by atoms with Crippen molar-refractivity contribution < 1.29 is 13.2 Å². The van der Waals surface area contributed by atoms with Gasteiger partial charge in [0, 0.05) is 37.8 Å². The van der Waals surface area contributed by atoms with Gasteiger partial charge in [-0.1, -0.05) is 11.6 Å². The highest BCUT2D eigenvalue weighted by Crippen LogP contribution is 2.43. The van der Waals surface area contributed by atoms with Crippen LogP contribution in [0.25, 0.3) is 11.2 Å². The number of anilines is 2. The fourth-order valence-corrected chi connectivity index (χ4v) is 4.34. The summed E-state index contributed by atoms with van der Waals surface area (Å²) in [6.07, 6.45) is 2.94. The molecule has 0 aromatic carbocycles. The van der Waals surface area contributed by atoms with Crippen molar-refractivity contribution in [1.29, 1.82) is 0 Å². The number of hydrogen-bond acceptors (Lipinski definition) is 6. The Morgan fingerprint density at radius 2 is 1.90 bits per heavy atom. The number of rotatable bonds is 4. The highest BCUT2D eigenvalue weighted by Gasteiger charge is 2.49. The summed E-state index contributed by atoms with van der Waals surface area (Å²) in [7, 11) is 0. The summed E-state index contributed by atoms with van der Waals surface area (Å²) in [4.78, 5) is 16.9. The molecular weight excluding hydrogens is 407 g/mol. The fourth-order valence-electron chi connectivity index (χ4n) is 4.20. The Balaban J connectivity index is 1.31. The molecule has 5 rings (SSSR count). The van der Waals surface area contributed by atoms with E-state index >= 15 is 0 Å². The molecule has 29 heavy (non-hydrogen) atoms. The van der Waals surface area contributed by atoms with Crippen LogP contribution in [0, 0.1) is 11.2 Å². The van der Waals surface area contributed by atoms with Gasteiger partial charge >= 0.3 is 0 Å². The Hall–Kier alpha value is -2.62. The lowest BCUT2D eigenvalue weighted by atomic mass is 9.79. The van der Waals surface area contributed by atoms with E-state index in [-0.39, 0.29) is 10.4 Å². The molecule has 2 aliphatic heterocycles. The van der Waals surface area contributed by atoms with Crippen molar-refractivity contribution in [3.05, 3.63) is 35.5 Å². The smallest absolute Gasteiger partial charge is 0.258 e. The van der Waals surface area contributed by atoms with Crippen molar-refractivity contribution in [1.82, 2.24) is 24.7 Å². The highest BCUT2D eigenvalue weighted by atomic mass is 35.5. The van der Waals surface area contributed by atoms with Crippen LogP contribution in [-0.4, -0.2) is 57.3 Å². The van der Waals surface area contributed by atoms with Crippen LogP contribution in [0.2, 0.25) is 5.02 Å². The second-order valence-corrected chi connectivity index (χ2v) is 8.08. The first kappa shape index (κ1) is 18.4. The SMILES string of the molecule is Fc1cc(Cl)cnc1N1CC2(CCN(c3cnc4cnn(CC(F)F)c4n3)C2)C1. The van der Waals surface area contributed by atoms with Gasteiger partial charge in [0.15, 0.2) is 17.3 Å². The molecule has 1 spiro atoms. The zero-order chi connectivity index (χ0) is 20.2. The summed E-state index contributed by atoms with van der Waals surface area (Å²) in [5, 5.41) is 4.22. The zero-order valence-corrected chi connectivity index (χ0v) is 16.0. The van der Waals surface area contributed by atoms with Gasteiger partial charge in [-0.3, -0.25) is 0 Å². The van der Waals surface area contributed by atoms with Gasteiger partial charge in [-0.05, 0) is 12.5 Å². The lowest BCUT2D eigenvalue weighted by Crippen LogP contribution is -2.58. The third-order valence-corrected chi connectivity index (χ3v) is 5.75. The minimum Gasteiger partial charge on any atom is -0.355 e. The van der Waals surface area contributed by atoms with Crippen LogP contribution in [-0.2, 0) is 6.54 Å². The van der Waals surface area contributed by atoms with E-state index < -0.39 is 18.8 Å². The summed E-state index contributed by atoms with van der Waals surface area (Å²) >= 11 is 5.77. The van der Waals surface area contributed by atoms with Crippen LogP contribution < -0.4 is 9.80 Å². The first-order valence-electron chi connectivity index (χ1n) is 9.20. The number of hydrogen-bond donors (Lipinski definition) is 0. The molecule has 5 heterocycles. The number of nitrogens with zero attached hydrogens (tertiary/aromatic N) is 7. The third kappa shape index (κ3) is 3.25. The molecule has 2 aliphatic rings. The predicted molar refractivity (Wildman–Crippen MR) is 102 cm³/mol. The molecule has 0 amide bonds. The summed E-state index contributed by atoms with van der Waals surface area (Å²) in [6, 6.07) is 1.27. The molecule has 7 nitrogen and oxygen atoms in total. The third-order valence-electron chi connectivity index (χ3n) is 5.55. The molecule has 0 aliphatic carbocycles.